The topological polar surface area (TPSA) is 212 Å². The van der Waals surface area contributed by atoms with Crippen LogP contribution in [0, 0.1) is 11.8 Å². The van der Waals surface area contributed by atoms with Gasteiger partial charge in [0.25, 0.3) is 0 Å². The lowest BCUT2D eigenvalue weighted by Crippen LogP contribution is -2.47. The van der Waals surface area contributed by atoms with Crippen LogP contribution >= 0.6 is 0 Å². The second kappa shape index (κ2) is 84.3. The van der Waals surface area contributed by atoms with Crippen LogP contribution in [0.4, 0.5) is 105 Å². The van der Waals surface area contributed by atoms with Gasteiger partial charge in [0, 0.05) is 108 Å². The molecule has 0 heterocycles. The Morgan fingerprint density at radius 1 is 0.460 bits per heavy atom. The first-order chi connectivity index (χ1) is 40.4. The Morgan fingerprint density at radius 3 is 0.966 bits per heavy atom. The molecule has 0 spiro atoms. The maximum absolute atomic E-state index is 13.6. The summed E-state index contributed by atoms with van der Waals surface area (Å²) in [6, 6.07) is -0.157. The van der Waals surface area contributed by atoms with E-state index in [2.05, 4.69) is 23.0 Å². The third-order valence-corrected chi connectivity index (χ3v) is 19.3. The van der Waals surface area contributed by atoms with E-state index in [0.29, 0.717) is 81.1 Å². The monoisotopic (exact) mass is 1430 g/mol. The van der Waals surface area contributed by atoms with E-state index in [-0.39, 0.29) is 37.9 Å². The number of halogens is 24. The highest BCUT2D eigenvalue weighted by molar-refractivity contribution is 6.61. The van der Waals surface area contributed by atoms with Gasteiger partial charge in [-0.3, -0.25) is 43.9 Å². The van der Waals surface area contributed by atoms with E-state index < -0.39 is 124 Å². The number of alkyl halides is 22. The molecule has 0 aromatic heterocycles. The molecule has 0 aromatic rings. The summed E-state index contributed by atoms with van der Waals surface area (Å²) in [5, 5.41) is 9.26. The second-order valence-electron chi connectivity index (χ2n) is 13.8. The number of rotatable bonds is 32. The Hall–Kier alpha value is -1.67. The summed E-state index contributed by atoms with van der Waals surface area (Å²) >= 11 is 0. The molecule has 0 aromatic carbocycles. The molecule has 9 N–H and O–H groups in total. The molecule has 0 aliphatic rings. The molecule has 0 saturated carbocycles. The summed E-state index contributed by atoms with van der Waals surface area (Å²) in [7, 11) is 6.44. The Morgan fingerprint density at radius 2 is 0.782 bits per heavy atom. The van der Waals surface area contributed by atoms with Gasteiger partial charge in [-0.05, 0) is 57.8 Å². The number of aliphatic hydroxyl groups excluding tert-OH is 1. The molecule has 0 radical (unpaired) electrons. The minimum absolute atomic E-state index is 0. The molecule has 0 rings (SSSR count). The lowest BCUT2D eigenvalue weighted by Gasteiger charge is -2.26. The van der Waals surface area contributed by atoms with Crippen LogP contribution in [0.25, 0.3) is 0 Å². The van der Waals surface area contributed by atoms with E-state index >= 15 is 0 Å². The number of nitrogens with two attached hydrogens (primary N) is 2. The van der Waals surface area contributed by atoms with Crippen LogP contribution in [-0.4, -0.2) is 253 Å². The zero-order valence-corrected chi connectivity index (χ0v) is 56.7. The molecular formula is C44H102F24N4O11Si4. The Kier molecular flexibility index (Phi) is 116. The standard InChI is InChI=1S/C10H19F6NO2Si.C6H15FO3Si.C6H17NO3Si.C5H7F5.C5H5F5.C5H14FNO2Si.6CH3F.CH4O.H3N/c1-18-20(16,19-2)5-3-4-17-9(7-12)8(6-11)10(13,14)15;2*1-8-11(9-2,10-3)6-4-5-7;2*6-2-1-4(3-7)5(8,9)10;1-8-10(6,9-2)5-3-4-7;7*1-2;/h8-9,17H,3-7H2,1-2H3;4-6H2,1-3H3;4-7H2,1-3H3;4H,1-3H2;1H,2-3H2;3-5,7H2,1-2H3;6*1H3;2H,1H3;1H3/b;;;;4-1-;;;;;;;;;. The molecule has 0 saturated heterocycles. The number of hydrogen-bond donors (Lipinski definition) is 5. The average molecular weight is 1430 g/mol. The van der Waals surface area contributed by atoms with E-state index in [1.165, 1.54) is 35.5 Å². The molecule has 0 aliphatic heterocycles. The number of aliphatic hydroxyl groups is 1. The van der Waals surface area contributed by atoms with Crippen molar-refractivity contribution in [3.8, 4) is 0 Å². The van der Waals surface area contributed by atoms with Gasteiger partial charge in [-0.2, -0.15) is 39.5 Å². The third-order valence-electron chi connectivity index (χ3n) is 9.30. The van der Waals surface area contributed by atoms with Crippen LogP contribution < -0.4 is 22.9 Å². The zero-order chi connectivity index (χ0) is 71.7. The lowest BCUT2D eigenvalue weighted by molar-refractivity contribution is -0.187. The molecule has 15 nitrogen and oxygen atoms in total. The van der Waals surface area contributed by atoms with Gasteiger partial charge in [-0.25, -0.2) is 21.4 Å². The van der Waals surface area contributed by atoms with Crippen molar-refractivity contribution in [2.75, 3.05) is 188 Å². The van der Waals surface area contributed by atoms with Gasteiger partial charge < -0.3 is 72.3 Å². The molecule has 87 heavy (non-hydrogen) atoms. The van der Waals surface area contributed by atoms with Crippen molar-refractivity contribution in [3.63, 3.8) is 0 Å². The molecule has 0 bridgehead atoms. The number of allylic oxidation sites excluding steroid dienone is 2. The van der Waals surface area contributed by atoms with E-state index in [1.54, 1.807) is 21.3 Å². The number of nitrogens with one attached hydrogen (secondary N) is 1. The van der Waals surface area contributed by atoms with Gasteiger partial charge in [-0.15, -0.1) is 0 Å². The maximum Gasteiger partial charge on any atom is 0.539 e. The minimum atomic E-state index is -4.82. The Bertz CT molecular complexity index is 1210. The normalized spacial score (nSPS) is 12.0. The minimum Gasteiger partial charge on any atom is -0.400 e. The summed E-state index contributed by atoms with van der Waals surface area (Å²) < 4.78 is 321. The average Bonchev–Trinajstić information content (AvgIpc) is 3.62. The molecule has 548 valence electrons. The van der Waals surface area contributed by atoms with Crippen molar-refractivity contribution in [1.82, 2.24) is 11.5 Å². The fourth-order valence-corrected chi connectivity index (χ4v) is 10.5. The summed E-state index contributed by atoms with van der Waals surface area (Å²) in [4.78, 5) is 0. The summed E-state index contributed by atoms with van der Waals surface area (Å²) in [5.74, 6) is -4.54. The molecule has 0 aliphatic carbocycles. The molecule has 0 fully saturated rings. The second-order valence-corrected chi connectivity index (χ2v) is 25.3. The molecule has 3 unspecified atom stereocenters. The zero-order valence-electron chi connectivity index (χ0n) is 52.7. The number of hydrogen-bond acceptors (Lipinski definition) is 15. The van der Waals surface area contributed by atoms with Crippen molar-refractivity contribution in [2.24, 2.45) is 23.3 Å². The summed E-state index contributed by atoms with van der Waals surface area (Å²) in [5.41, 5.74) is 9.08. The highest BCUT2D eigenvalue weighted by atomic mass is 28.4. The highest BCUT2D eigenvalue weighted by Gasteiger charge is 2.45. The quantitative estimate of drug-likeness (QED) is 0.0139. The van der Waals surface area contributed by atoms with Gasteiger partial charge in [0.15, 0.2) is 0 Å². The van der Waals surface area contributed by atoms with E-state index in [4.69, 9.17) is 43.1 Å². The van der Waals surface area contributed by atoms with Gasteiger partial charge in [0.2, 0.25) is 0 Å². The van der Waals surface area contributed by atoms with Gasteiger partial charge in [-0.1, -0.05) is 0 Å². The predicted octanol–water partition coefficient (Wildman–Crippen LogP) is 12.8. The van der Waals surface area contributed by atoms with Crippen molar-refractivity contribution < 1.29 is 154 Å². The smallest absolute Gasteiger partial charge is 0.400 e. The summed E-state index contributed by atoms with van der Waals surface area (Å²) in [6.45, 7) is -8.02. The molecule has 0 amide bonds. The Balaban J connectivity index is -0.0000000596. The van der Waals surface area contributed by atoms with Crippen molar-refractivity contribution in [3.05, 3.63) is 11.6 Å². The highest BCUT2D eigenvalue weighted by Crippen LogP contribution is 2.31. The SMILES string of the molecule is CF.CF.CF.CF.CF.CF.CO.CO[Si](CCCF)(OC)OC.CO[Si](CCCN)(OC)OC.CO[Si](F)(CCCN)OC.CO[Si](F)(CCCNC(CF)C(CF)C(F)(F)F)OC.FC/C=C(/CF)C(F)(F)F.FCCC(CF)C(F)(F)F.N. The van der Waals surface area contributed by atoms with Crippen molar-refractivity contribution >= 4 is 35.4 Å². The van der Waals surface area contributed by atoms with Crippen LogP contribution in [0.5, 0.6) is 0 Å². The fraction of sp³-hybridized carbons (Fsp3) is 0.955. The predicted molar refractivity (Wildman–Crippen MR) is 298 cm³/mol. The maximum atomic E-state index is 13.6. The van der Waals surface area contributed by atoms with Crippen molar-refractivity contribution in [1.29, 1.82) is 0 Å². The molecule has 3 atom stereocenters. The van der Waals surface area contributed by atoms with E-state index in [0.717, 1.165) is 33.8 Å². The van der Waals surface area contributed by atoms with Gasteiger partial charge >= 0.3 is 53.9 Å². The van der Waals surface area contributed by atoms with Gasteiger partial charge in [0.05, 0.1) is 67.9 Å². The fourth-order valence-electron chi connectivity index (χ4n) is 4.72. The Labute approximate surface area is 503 Å². The molecular weight excluding hydrogens is 1330 g/mol. The third kappa shape index (κ3) is 74.9. The first kappa shape index (κ1) is 119. The summed E-state index contributed by atoms with van der Waals surface area (Å²) in [6.07, 6.45) is -12.7. The first-order valence-electron chi connectivity index (χ1n) is 24.0. The van der Waals surface area contributed by atoms with Crippen LogP contribution in [-0.2, 0) is 44.3 Å². The van der Waals surface area contributed by atoms with Crippen molar-refractivity contribution in [2.45, 2.75) is 80.9 Å². The largest absolute Gasteiger partial charge is 0.539 e. The van der Waals surface area contributed by atoms with Gasteiger partial charge in [0.1, 0.15) is 39.3 Å². The van der Waals surface area contributed by atoms with Crippen LogP contribution in [0.1, 0.15) is 32.1 Å². The lowest BCUT2D eigenvalue weighted by atomic mass is 10.0. The van der Waals surface area contributed by atoms with Crippen LogP contribution in [0.3, 0.4) is 0 Å². The van der Waals surface area contributed by atoms with Crippen LogP contribution in [0.2, 0.25) is 24.2 Å². The van der Waals surface area contributed by atoms with E-state index in [1.807, 2.05) is 0 Å². The first-order valence-corrected chi connectivity index (χ1v) is 31.7. The molecule has 43 heteroatoms. The van der Waals surface area contributed by atoms with E-state index in [9.17, 15) is 105 Å². The van der Waals surface area contributed by atoms with Crippen LogP contribution in [0.15, 0.2) is 11.6 Å².